The van der Waals surface area contributed by atoms with E-state index in [4.69, 9.17) is 22.1 Å². The third-order valence-corrected chi connectivity index (χ3v) is 3.05. The summed E-state index contributed by atoms with van der Waals surface area (Å²) in [5.41, 5.74) is 5.43. The van der Waals surface area contributed by atoms with Crippen LogP contribution in [0.5, 0.6) is 0 Å². The fraction of sp³-hybridized carbons (Fsp3) is 0.600. The van der Waals surface area contributed by atoms with E-state index >= 15 is 0 Å². The van der Waals surface area contributed by atoms with Gasteiger partial charge < -0.3 is 15.4 Å². The lowest BCUT2D eigenvalue weighted by Gasteiger charge is -2.37. The number of piperidine rings is 1. The Kier molecular flexibility index (Phi) is 3.54. The van der Waals surface area contributed by atoms with E-state index in [0.29, 0.717) is 6.54 Å². The zero-order valence-corrected chi connectivity index (χ0v) is 10.5. The van der Waals surface area contributed by atoms with Gasteiger partial charge in [-0.15, -0.1) is 0 Å². The molecule has 0 aromatic carbocycles. The van der Waals surface area contributed by atoms with Gasteiger partial charge in [0.05, 0.1) is 18.8 Å². The second-order valence-corrected chi connectivity index (χ2v) is 4.56. The first kappa shape index (κ1) is 13.2. The first-order chi connectivity index (χ1) is 8.41. The smallest absolute Gasteiger partial charge is 0.267 e. The van der Waals surface area contributed by atoms with Gasteiger partial charge in [0.1, 0.15) is 5.82 Å². The largest absolute Gasteiger partial charge is 0.381 e. The Labute approximate surface area is 108 Å². The predicted molar refractivity (Wildman–Crippen MR) is 64.0 cm³/mol. The van der Waals surface area contributed by atoms with Gasteiger partial charge in [-0.3, -0.25) is 0 Å². The second-order valence-electron chi connectivity index (χ2n) is 4.20. The van der Waals surface area contributed by atoms with Gasteiger partial charge in [-0.2, -0.15) is 0 Å². The van der Waals surface area contributed by atoms with Crippen LogP contribution < -0.4 is 10.6 Å². The number of halogens is 3. The van der Waals surface area contributed by atoms with Crippen molar-refractivity contribution in [2.75, 3.05) is 30.8 Å². The molecule has 0 bridgehead atoms. The molecule has 2 heterocycles. The number of nitrogens with two attached hydrogens (primary N) is 1. The molecule has 8 heteroatoms. The molecule has 0 amide bonds. The maximum atomic E-state index is 13.5. The van der Waals surface area contributed by atoms with Crippen LogP contribution in [-0.2, 0) is 4.74 Å². The average molecular weight is 279 g/mol. The molecule has 5 nitrogen and oxygen atoms in total. The van der Waals surface area contributed by atoms with Crippen molar-refractivity contribution in [3.63, 3.8) is 0 Å². The normalized spacial score (nSPS) is 23.1. The molecular formula is C10H13ClF2N4O. The van der Waals surface area contributed by atoms with Crippen LogP contribution in [0.25, 0.3) is 0 Å². The summed E-state index contributed by atoms with van der Waals surface area (Å²) in [6, 6.07) is 0. The standard InChI is InChI=1S/C10H13ClF2N4O/c1-18-6-2-10(12,13)5-17(4-6)7-3-15-9(14)8(11)16-7/h3,6H,2,4-5H2,1H3,(H2,14,15)/t6-/m1/s1. The number of alkyl halides is 2. The van der Waals surface area contributed by atoms with Crippen molar-refractivity contribution >= 4 is 23.2 Å². The number of nitrogen functional groups attached to an aromatic ring is 1. The Bertz CT molecular complexity index is 446. The van der Waals surface area contributed by atoms with Gasteiger partial charge in [-0.05, 0) is 0 Å². The molecule has 1 aliphatic rings. The van der Waals surface area contributed by atoms with Gasteiger partial charge in [-0.25, -0.2) is 18.7 Å². The molecule has 0 unspecified atom stereocenters. The molecule has 0 spiro atoms. The Morgan fingerprint density at radius 2 is 2.33 bits per heavy atom. The van der Waals surface area contributed by atoms with Crippen molar-refractivity contribution in [1.29, 1.82) is 0 Å². The highest BCUT2D eigenvalue weighted by Gasteiger charge is 2.41. The van der Waals surface area contributed by atoms with Crippen LogP contribution >= 0.6 is 11.6 Å². The van der Waals surface area contributed by atoms with Crippen molar-refractivity contribution in [1.82, 2.24) is 9.97 Å². The number of ether oxygens (including phenoxy) is 1. The van der Waals surface area contributed by atoms with E-state index in [1.54, 1.807) is 0 Å². The van der Waals surface area contributed by atoms with Gasteiger partial charge in [0.15, 0.2) is 11.0 Å². The van der Waals surface area contributed by atoms with Crippen molar-refractivity contribution in [2.45, 2.75) is 18.4 Å². The van der Waals surface area contributed by atoms with E-state index in [2.05, 4.69) is 9.97 Å². The van der Waals surface area contributed by atoms with E-state index in [1.807, 2.05) is 0 Å². The molecule has 0 aliphatic carbocycles. The number of hydrogen-bond donors (Lipinski definition) is 1. The summed E-state index contributed by atoms with van der Waals surface area (Å²) < 4.78 is 32.1. The van der Waals surface area contributed by atoms with Gasteiger partial charge in [0.2, 0.25) is 0 Å². The Morgan fingerprint density at radius 1 is 1.61 bits per heavy atom. The van der Waals surface area contributed by atoms with Gasteiger partial charge in [-0.1, -0.05) is 11.6 Å². The van der Waals surface area contributed by atoms with Crippen molar-refractivity contribution in [3.8, 4) is 0 Å². The Morgan fingerprint density at radius 3 is 2.94 bits per heavy atom. The number of anilines is 2. The fourth-order valence-corrected chi connectivity index (χ4v) is 2.04. The van der Waals surface area contributed by atoms with Crippen LogP contribution in [-0.4, -0.2) is 42.2 Å². The molecule has 1 fully saturated rings. The summed E-state index contributed by atoms with van der Waals surface area (Å²) in [5, 5.41) is 0.00959. The number of aromatic nitrogens is 2. The van der Waals surface area contributed by atoms with Crippen LogP contribution in [0.4, 0.5) is 20.4 Å². The monoisotopic (exact) mass is 278 g/mol. The van der Waals surface area contributed by atoms with Crippen LogP contribution in [0.3, 0.4) is 0 Å². The second kappa shape index (κ2) is 4.81. The van der Waals surface area contributed by atoms with Crippen molar-refractivity contribution in [3.05, 3.63) is 11.3 Å². The average Bonchev–Trinajstić information content (AvgIpc) is 2.30. The maximum Gasteiger partial charge on any atom is 0.267 e. The maximum absolute atomic E-state index is 13.5. The lowest BCUT2D eigenvalue weighted by atomic mass is 10.0. The quantitative estimate of drug-likeness (QED) is 0.890. The number of hydrogen-bond acceptors (Lipinski definition) is 5. The summed E-state index contributed by atoms with van der Waals surface area (Å²) in [5.74, 6) is -2.47. The number of methoxy groups -OCH3 is 1. The lowest BCUT2D eigenvalue weighted by molar-refractivity contribution is -0.0645. The molecule has 1 aromatic rings. The lowest BCUT2D eigenvalue weighted by Crippen LogP contribution is -2.50. The Hall–Kier alpha value is -1.21. The SMILES string of the molecule is CO[C@H]1CN(c2cnc(N)c(Cl)n2)CC(F)(F)C1. The molecule has 1 saturated heterocycles. The summed E-state index contributed by atoms with van der Waals surface area (Å²) in [4.78, 5) is 9.15. The van der Waals surface area contributed by atoms with Crippen LogP contribution in [0.15, 0.2) is 6.20 Å². The molecule has 2 rings (SSSR count). The first-order valence-corrected chi connectivity index (χ1v) is 5.72. The summed E-state index contributed by atoms with van der Waals surface area (Å²) >= 11 is 5.73. The van der Waals surface area contributed by atoms with E-state index < -0.39 is 18.6 Å². The summed E-state index contributed by atoms with van der Waals surface area (Å²) in [6.07, 6.45) is 0.484. The van der Waals surface area contributed by atoms with Crippen molar-refractivity contribution < 1.29 is 13.5 Å². The predicted octanol–water partition coefficient (Wildman–Crippen LogP) is 1.57. The molecule has 1 aliphatic heterocycles. The van der Waals surface area contributed by atoms with Crippen LogP contribution in [0.2, 0.25) is 5.15 Å². The molecule has 0 radical (unpaired) electrons. The third kappa shape index (κ3) is 2.78. The molecule has 1 atom stereocenters. The van der Waals surface area contributed by atoms with Crippen LogP contribution in [0, 0.1) is 0 Å². The fourth-order valence-electron chi connectivity index (χ4n) is 1.90. The zero-order valence-electron chi connectivity index (χ0n) is 9.74. The molecular weight excluding hydrogens is 266 g/mol. The molecule has 2 N–H and O–H groups in total. The summed E-state index contributed by atoms with van der Waals surface area (Å²) in [7, 11) is 1.41. The molecule has 18 heavy (non-hydrogen) atoms. The first-order valence-electron chi connectivity index (χ1n) is 5.35. The van der Waals surface area contributed by atoms with E-state index in [-0.39, 0.29) is 23.2 Å². The highest BCUT2D eigenvalue weighted by molar-refractivity contribution is 6.31. The van der Waals surface area contributed by atoms with E-state index in [9.17, 15) is 8.78 Å². The van der Waals surface area contributed by atoms with Gasteiger partial charge in [0.25, 0.3) is 5.92 Å². The minimum Gasteiger partial charge on any atom is -0.381 e. The number of rotatable bonds is 2. The van der Waals surface area contributed by atoms with Crippen LogP contribution in [0.1, 0.15) is 6.42 Å². The highest BCUT2D eigenvalue weighted by Crippen LogP contribution is 2.31. The minimum absolute atomic E-state index is 0.00959. The van der Waals surface area contributed by atoms with Gasteiger partial charge >= 0.3 is 0 Å². The summed E-state index contributed by atoms with van der Waals surface area (Å²) in [6.45, 7) is -0.108. The molecule has 100 valence electrons. The van der Waals surface area contributed by atoms with Gasteiger partial charge in [0, 0.05) is 20.1 Å². The minimum atomic E-state index is -2.82. The van der Waals surface area contributed by atoms with E-state index in [0.717, 1.165) is 0 Å². The highest BCUT2D eigenvalue weighted by atomic mass is 35.5. The third-order valence-electron chi connectivity index (χ3n) is 2.77. The number of nitrogens with zero attached hydrogens (tertiary/aromatic N) is 3. The molecule has 1 aromatic heterocycles. The Balaban J connectivity index is 2.23. The molecule has 0 saturated carbocycles. The zero-order chi connectivity index (χ0) is 13.3. The topological polar surface area (TPSA) is 64.3 Å². The van der Waals surface area contributed by atoms with E-state index in [1.165, 1.54) is 18.2 Å². The van der Waals surface area contributed by atoms with Crippen molar-refractivity contribution in [2.24, 2.45) is 0 Å².